The van der Waals surface area contributed by atoms with Crippen LogP contribution in [0, 0.1) is 5.92 Å². The van der Waals surface area contributed by atoms with E-state index in [0.29, 0.717) is 18.9 Å². The number of carbonyl (C=O) groups is 2. The second-order valence-corrected chi connectivity index (χ2v) is 5.39. The van der Waals surface area contributed by atoms with Gasteiger partial charge in [-0.05, 0) is 38.5 Å². The fourth-order valence-corrected chi connectivity index (χ4v) is 3.12. The van der Waals surface area contributed by atoms with Crippen LogP contribution < -0.4 is 5.32 Å². The molecule has 3 atom stereocenters. The third kappa shape index (κ3) is 2.76. The average Bonchev–Trinajstić information content (AvgIpc) is 2.96. The molecular weight excluding hydrogens is 232 g/mol. The van der Waals surface area contributed by atoms with Crippen molar-refractivity contribution in [3.05, 3.63) is 0 Å². The number of carboxylic acid groups (broad SMARTS) is 1. The Bertz CT molecular complexity index is 332. The minimum Gasteiger partial charge on any atom is -0.481 e. The zero-order valence-electron chi connectivity index (χ0n) is 10.9. The summed E-state index contributed by atoms with van der Waals surface area (Å²) >= 11 is 0. The molecule has 2 N–H and O–H groups in total. The third-order valence-electron chi connectivity index (χ3n) is 4.22. The lowest BCUT2D eigenvalue weighted by atomic mass is 10.1. The average molecular weight is 254 g/mol. The maximum Gasteiger partial charge on any atom is 0.317 e. The molecule has 2 fully saturated rings. The molecule has 5 nitrogen and oxygen atoms in total. The molecule has 18 heavy (non-hydrogen) atoms. The molecule has 2 rings (SSSR count). The fraction of sp³-hybridized carbons (Fsp3) is 0.846. The van der Waals surface area contributed by atoms with Crippen LogP contribution in [0.15, 0.2) is 0 Å². The third-order valence-corrected chi connectivity index (χ3v) is 4.22. The van der Waals surface area contributed by atoms with Crippen molar-refractivity contribution in [1.29, 1.82) is 0 Å². The van der Waals surface area contributed by atoms with Gasteiger partial charge in [-0.1, -0.05) is 6.92 Å². The Morgan fingerprint density at radius 2 is 2.11 bits per heavy atom. The zero-order chi connectivity index (χ0) is 13.1. The van der Waals surface area contributed by atoms with Crippen LogP contribution in [0.5, 0.6) is 0 Å². The predicted molar refractivity (Wildman–Crippen MR) is 67.3 cm³/mol. The maximum absolute atomic E-state index is 12.1. The van der Waals surface area contributed by atoms with Gasteiger partial charge in [-0.3, -0.25) is 4.79 Å². The second-order valence-electron chi connectivity index (χ2n) is 5.39. The van der Waals surface area contributed by atoms with Crippen molar-refractivity contribution < 1.29 is 14.7 Å². The number of likely N-dealkylation sites (tertiary alicyclic amines) is 1. The molecule has 0 aromatic carbocycles. The molecule has 0 bridgehead atoms. The van der Waals surface area contributed by atoms with Crippen LogP contribution in [0.4, 0.5) is 4.79 Å². The first-order valence-electron chi connectivity index (χ1n) is 6.91. The monoisotopic (exact) mass is 254 g/mol. The number of carbonyl (C=O) groups excluding carboxylic acids is 1. The van der Waals surface area contributed by atoms with Crippen LogP contribution in [0.25, 0.3) is 0 Å². The Hall–Kier alpha value is -1.26. The van der Waals surface area contributed by atoms with Crippen LogP contribution in [-0.2, 0) is 4.79 Å². The smallest absolute Gasteiger partial charge is 0.317 e. The molecule has 102 valence electrons. The summed E-state index contributed by atoms with van der Waals surface area (Å²) in [6.07, 6.45) is 5.20. The number of hydrogen-bond acceptors (Lipinski definition) is 2. The molecule has 5 heteroatoms. The SMILES string of the molecule is CCC1CCCN1C(=O)N[C@H]1CC[C@@H](C(=O)O)C1. The van der Waals surface area contributed by atoms with Gasteiger partial charge in [0.25, 0.3) is 0 Å². The summed E-state index contributed by atoms with van der Waals surface area (Å²) in [5.41, 5.74) is 0. The maximum atomic E-state index is 12.1. The molecule has 0 aromatic rings. The molecule has 2 amide bonds. The Labute approximate surface area is 108 Å². The highest BCUT2D eigenvalue weighted by Gasteiger charge is 2.33. The van der Waals surface area contributed by atoms with E-state index in [1.165, 1.54) is 0 Å². The van der Waals surface area contributed by atoms with E-state index in [1.807, 2.05) is 4.90 Å². The molecule has 1 heterocycles. The van der Waals surface area contributed by atoms with Gasteiger partial charge in [0.2, 0.25) is 0 Å². The summed E-state index contributed by atoms with van der Waals surface area (Å²) in [7, 11) is 0. The molecule has 0 spiro atoms. The van der Waals surface area contributed by atoms with E-state index in [9.17, 15) is 9.59 Å². The molecule has 1 saturated heterocycles. The number of rotatable bonds is 3. The quantitative estimate of drug-likeness (QED) is 0.807. The first kappa shape index (κ1) is 13.2. The standard InChI is InChI=1S/C13H22N2O3/c1-2-11-4-3-7-15(11)13(18)14-10-6-5-9(8-10)12(16)17/h9-11H,2-8H2,1H3,(H,14,18)(H,16,17)/t9-,10+,11?/m1/s1. The van der Waals surface area contributed by atoms with Crippen molar-refractivity contribution in [3.8, 4) is 0 Å². The van der Waals surface area contributed by atoms with Crippen LogP contribution in [-0.4, -0.2) is 40.6 Å². The van der Waals surface area contributed by atoms with Gasteiger partial charge in [-0.15, -0.1) is 0 Å². The van der Waals surface area contributed by atoms with E-state index in [1.54, 1.807) is 0 Å². The number of amides is 2. The highest BCUT2D eigenvalue weighted by Crippen LogP contribution is 2.26. The fourth-order valence-electron chi connectivity index (χ4n) is 3.12. The van der Waals surface area contributed by atoms with Crippen molar-refractivity contribution >= 4 is 12.0 Å². The number of carboxylic acids is 1. The summed E-state index contributed by atoms with van der Waals surface area (Å²) < 4.78 is 0. The van der Waals surface area contributed by atoms with Gasteiger partial charge in [0.05, 0.1) is 5.92 Å². The summed E-state index contributed by atoms with van der Waals surface area (Å²) in [5.74, 6) is -1.02. The molecule has 1 aliphatic heterocycles. The molecule has 1 aliphatic carbocycles. The first-order valence-corrected chi connectivity index (χ1v) is 6.91. The Balaban J connectivity index is 1.83. The van der Waals surface area contributed by atoms with Crippen LogP contribution >= 0.6 is 0 Å². The van der Waals surface area contributed by atoms with E-state index < -0.39 is 5.97 Å². The molecule has 2 aliphatic rings. The van der Waals surface area contributed by atoms with E-state index in [4.69, 9.17) is 5.11 Å². The molecule has 1 unspecified atom stereocenters. The molecule has 0 aromatic heterocycles. The Morgan fingerprint density at radius 1 is 1.33 bits per heavy atom. The predicted octanol–water partition coefficient (Wildman–Crippen LogP) is 1.82. The van der Waals surface area contributed by atoms with E-state index in [-0.39, 0.29) is 18.0 Å². The van der Waals surface area contributed by atoms with Crippen molar-refractivity contribution in [2.75, 3.05) is 6.54 Å². The Morgan fingerprint density at radius 3 is 2.72 bits per heavy atom. The van der Waals surface area contributed by atoms with E-state index in [2.05, 4.69) is 12.2 Å². The molecule has 1 saturated carbocycles. The number of aliphatic carboxylic acids is 1. The number of urea groups is 1. The van der Waals surface area contributed by atoms with E-state index in [0.717, 1.165) is 32.2 Å². The summed E-state index contributed by atoms with van der Waals surface area (Å²) in [6.45, 7) is 2.94. The Kier molecular flexibility index (Phi) is 4.09. The lowest BCUT2D eigenvalue weighted by molar-refractivity contribution is -0.141. The first-order chi connectivity index (χ1) is 8.61. The van der Waals surface area contributed by atoms with Crippen LogP contribution in [0.1, 0.15) is 45.4 Å². The van der Waals surface area contributed by atoms with Gasteiger partial charge in [-0.2, -0.15) is 0 Å². The highest BCUT2D eigenvalue weighted by molar-refractivity contribution is 5.76. The van der Waals surface area contributed by atoms with Gasteiger partial charge in [0.1, 0.15) is 0 Å². The summed E-state index contributed by atoms with van der Waals surface area (Å²) in [4.78, 5) is 24.9. The minimum atomic E-state index is -0.737. The van der Waals surface area contributed by atoms with Crippen molar-refractivity contribution in [2.45, 2.75) is 57.5 Å². The topological polar surface area (TPSA) is 69.6 Å². The lowest BCUT2D eigenvalue weighted by Crippen LogP contribution is -2.46. The van der Waals surface area contributed by atoms with Crippen molar-refractivity contribution in [1.82, 2.24) is 10.2 Å². The van der Waals surface area contributed by atoms with Gasteiger partial charge in [0.15, 0.2) is 0 Å². The van der Waals surface area contributed by atoms with Gasteiger partial charge < -0.3 is 15.3 Å². The molecule has 0 radical (unpaired) electrons. The van der Waals surface area contributed by atoms with Gasteiger partial charge in [-0.25, -0.2) is 4.79 Å². The van der Waals surface area contributed by atoms with Crippen molar-refractivity contribution in [3.63, 3.8) is 0 Å². The van der Waals surface area contributed by atoms with Gasteiger partial charge in [0, 0.05) is 18.6 Å². The van der Waals surface area contributed by atoms with Crippen LogP contribution in [0.2, 0.25) is 0 Å². The molecular formula is C13H22N2O3. The second kappa shape index (κ2) is 5.59. The highest BCUT2D eigenvalue weighted by atomic mass is 16.4. The number of hydrogen-bond donors (Lipinski definition) is 2. The largest absolute Gasteiger partial charge is 0.481 e. The van der Waals surface area contributed by atoms with Gasteiger partial charge >= 0.3 is 12.0 Å². The van der Waals surface area contributed by atoms with E-state index >= 15 is 0 Å². The normalized spacial score (nSPS) is 31.6. The van der Waals surface area contributed by atoms with Crippen LogP contribution in [0.3, 0.4) is 0 Å². The summed E-state index contributed by atoms with van der Waals surface area (Å²) in [6, 6.07) is 0.397. The zero-order valence-corrected chi connectivity index (χ0v) is 10.9. The summed E-state index contributed by atoms with van der Waals surface area (Å²) in [5, 5.41) is 11.9. The number of nitrogens with one attached hydrogen (secondary N) is 1. The van der Waals surface area contributed by atoms with Crippen molar-refractivity contribution in [2.24, 2.45) is 5.92 Å². The number of nitrogens with zero attached hydrogens (tertiary/aromatic N) is 1. The minimum absolute atomic E-state index is 0.00427. The lowest BCUT2D eigenvalue weighted by Gasteiger charge is -2.26.